The highest BCUT2D eigenvalue weighted by atomic mass is 16.5. The number of imidazole rings is 2. The van der Waals surface area contributed by atoms with Crippen LogP contribution in [0.1, 0.15) is 48.6 Å². The Morgan fingerprint density at radius 1 is 0.762 bits per heavy atom. The number of rotatable bonds is 10. The van der Waals surface area contributed by atoms with Crippen LogP contribution in [0.3, 0.4) is 0 Å². The molecule has 4 aromatic heterocycles. The van der Waals surface area contributed by atoms with E-state index in [0.29, 0.717) is 11.4 Å². The number of amides is 4. The molecule has 0 spiro atoms. The summed E-state index contributed by atoms with van der Waals surface area (Å²) >= 11 is 0. The van der Waals surface area contributed by atoms with Crippen molar-refractivity contribution in [1.82, 2.24) is 33.6 Å². The van der Waals surface area contributed by atoms with Gasteiger partial charge in [0, 0.05) is 72.1 Å². The fourth-order valence-corrected chi connectivity index (χ4v) is 4.08. The lowest BCUT2D eigenvalue weighted by molar-refractivity contribution is -0.116. The summed E-state index contributed by atoms with van der Waals surface area (Å²) in [6.45, 7) is 0.0293. The molecule has 220 valence electrons. The van der Waals surface area contributed by atoms with Gasteiger partial charge in [0.05, 0.1) is 18.5 Å². The van der Waals surface area contributed by atoms with E-state index in [-0.39, 0.29) is 41.8 Å². The van der Waals surface area contributed by atoms with Gasteiger partial charge in [-0.1, -0.05) is 0 Å². The maximum atomic E-state index is 12.7. The number of hydrogen-bond donors (Lipinski definition) is 4. The second kappa shape index (κ2) is 12.2. The molecular weight excluding hydrogens is 548 g/mol. The van der Waals surface area contributed by atoms with Crippen LogP contribution in [-0.2, 0) is 37.7 Å². The van der Waals surface area contributed by atoms with Crippen molar-refractivity contribution >= 4 is 46.8 Å². The highest BCUT2D eigenvalue weighted by Gasteiger charge is 2.19. The van der Waals surface area contributed by atoms with Gasteiger partial charge in [-0.05, 0) is 12.1 Å². The average molecular weight is 579 g/mol. The minimum Gasteiger partial charge on any atom is -0.464 e. The summed E-state index contributed by atoms with van der Waals surface area (Å²) in [5, 5.41) is 10.6. The number of methoxy groups -OCH3 is 1. The summed E-state index contributed by atoms with van der Waals surface area (Å²) in [6, 6.07) is 2.99. The molecule has 0 saturated heterocycles. The lowest BCUT2D eigenvalue weighted by atomic mass is 10.3. The van der Waals surface area contributed by atoms with Crippen molar-refractivity contribution in [2.75, 3.05) is 29.6 Å². The summed E-state index contributed by atoms with van der Waals surface area (Å²) in [4.78, 5) is 70.2. The molecule has 0 aliphatic carbocycles. The summed E-state index contributed by atoms with van der Waals surface area (Å²) in [5.74, 6) is -1.98. The zero-order chi connectivity index (χ0) is 30.6. The predicted octanol–water partition coefficient (Wildman–Crippen LogP) is 0.880. The zero-order valence-electron chi connectivity index (χ0n) is 23.6. The van der Waals surface area contributed by atoms with Crippen LogP contribution in [0.15, 0.2) is 43.1 Å². The number of carbonyl (C=O) groups excluding carboxylic acids is 5. The fraction of sp³-hybridized carbons (Fsp3) is 0.269. The van der Waals surface area contributed by atoms with E-state index in [1.807, 2.05) is 0 Å². The normalized spacial score (nSPS) is 10.7. The van der Waals surface area contributed by atoms with E-state index in [9.17, 15) is 24.0 Å². The number of aryl methyl sites for hydroxylation is 4. The average Bonchev–Trinajstić information content (AvgIpc) is 3.70. The van der Waals surface area contributed by atoms with Crippen molar-refractivity contribution in [3.63, 3.8) is 0 Å². The number of nitrogens with zero attached hydrogens (tertiary/aromatic N) is 6. The van der Waals surface area contributed by atoms with Gasteiger partial charge in [0.15, 0.2) is 11.6 Å². The number of carbonyl (C=O) groups is 5. The molecule has 0 fully saturated rings. The molecule has 4 N–H and O–H groups in total. The third kappa shape index (κ3) is 6.55. The second-order valence-corrected chi connectivity index (χ2v) is 9.33. The van der Waals surface area contributed by atoms with Crippen LogP contribution in [0.4, 0.5) is 17.2 Å². The summed E-state index contributed by atoms with van der Waals surface area (Å²) in [6.07, 6.45) is 7.72. The number of aromatic nitrogens is 6. The third-order valence-electron chi connectivity index (χ3n) is 6.16. The molecule has 0 aliphatic rings. The lowest BCUT2D eigenvalue weighted by Crippen LogP contribution is -2.29. The first-order valence-electron chi connectivity index (χ1n) is 12.6. The first-order chi connectivity index (χ1) is 20.0. The Morgan fingerprint density at radius 3 is 2.00 bits per heavy atom. The summed E-state index contributed by atoms with van der Waals surface area (Å²) in [5.41, 5.74) is 1.32. The van der Waals surface area contributed by atoms with Gasteiger partial charge in [-0.3, -0.25) is 19.2 Å². The van der Waals surface area contributed by atoms with Crippen LogP contribution in [0.2, 0.25) is 0 Å². The topological polar surface area (TPSA) is 188 Å². The zero-order valence-corrected chi connectivity index (χ0v) is 23.6. The van der Waals surface area contributed by atoms with Crippen molar-refractivity contribution in [1.29, 1.82) is 0 Å². The number of ether oxygens (including phenoxy) is 1. The van der Waals surface area contributed by atoms with E-state index in [4.69, 9.17) is 4.74 Å². The molecule has 16 nitrogen and oxygen atoms in total. The van der Waals surface area contributed by atoms with Gasteiger partial charge in [0.1, 0.15) is 11.4 Å². The van der Waals surface area contributed by atoms with E-state index in [0.717, 1.165) is 0 Å². The Kier molecular flexibility index (Phi) is 8.54. The highest BCUT2D eigenvalue weighted by molar-refractivity contribution is 6.04. The van der Waals surface area contributed by atoms with E-state index >= 15 is 0 Å². The number of esters is 1. The van der Waals surface area contributed by atoms with Crippen LogP contribution in [0, 0.1) is 0 Å². The molecule has 4 heterocycles. The fourth-order valence-electron chi connectivity index (χ4n) is 4.08. The van der Waals surface area contributed by atoms with Crippen LogP contribution in [0.5, 0.6) is 0 Å². The first kappa shape index (κ1) is 29.3. The van der Waals surface area contributed by atoms with Crippen LogP contribution < -0.4 is 21.3 Å². The maximum absolute atomic E-state index is 12.7. The molecule has 0 unspecified atom stereocenters. The van der Waals surface area contributed by atoms with E-state index in [2.05, 4.69) is 31.2 Å². The Morgan fingerprint density at radius 2 is 1.38 bits per heavy atom. The Labute approximate surface area is 239 Å². The van der Waals surface area contributed by atoms with Gasteiger partial charge < -0.3 is 44.3 Å². The van der Waals surface area contributed by atoms with Gasteiger partial charge in [-0.2, -0.15) is 0 Å². The minimum atomic E-state index is -0.551. The molecule has 4 aromatic rings. The largest absolute Gasteiger partial charge is 0.464 e. The smallest absolute Gasteiger partial charge is 0.354 e. The van der Waals surface area contributed by atoms with Crippen molar-refractivity contribution in [3.05, 3.63) is 66.2 Å². The molecule has 4 amide bonds. The van der Waals surface area contributed by atoms with Gasteiger partial charge in [0.2, 0.25) is 11.7 Å². The minimum absolute atomic E-state index is 0.0246. The molecular formula is C26H30N10O6. The standard InChI is InChI=1S/C26H30N10O6/c1-33-9-8-27-21(33)24(39)29-15-10-17(34(2)12-15)23(38)28-7-6-20(37)31-19-14-36(4)22(32-19)25(40)30-16-11-18(26(41)42-5)35(3)13-16/h8-14H,6-7H2,1-5H3,(H,28,38)(H,29,39)(H,30,40)(H,31,37). The Hall–Kier alpha value is -5.67. The highest BCUT2D eigenvalue weighted by Crippen LogP contribution is 2.16. The molecule has 0 atom stereocenters. The van der Waals surface area contributed by atoms with E-state index < -0.39 is 29.6 Å². The van der Waals surface area contributed by atoms with Crippen molar-refractivity contribution in [2.45, 2.75) is 6.42 Å². The quantitative estimate of drug-likeness (QED) is 0.200. The van der Waals surface area contributed by atoms with Crippen molar-refractivity contribution in [2.24, 2.45) is 28.2 Å². The number of hydrogen-bond acceptors (Lipinski definition) is 8. The van der Waals surface area contributed by atoms with Crippen molar-refractivity contribution < 1.29 is 28.7 Å². The van der Waals surface area contributed by atoms with Gasteiger partial charge in [-0.25, -0.2) is 14.8 Å². The van der Waals surface area contributed by atoms with Gasteiger partial charge in [-0.15, -0.1) is 0 Å². The van der Waals surface area contributed by atoms with Crippen LogP contribution >= 0.6 is 0 Å². The number of anilines is 3. The van der Waals surface area contributed by atoms with Gasteiger partial charge >= 0.3 is 5.97 Å². The van der Waals surface area contributed by atoms with Crippen LogP contribution in [0.25, 0.3) is 0 Å². The van der Waals surface area contributed by atoms with Gasteiger partial charge in [0.25, 0.3) is 17.7 Å². The molecule has 0 saturated carbocycles. The Balaban J connectivity index is 1.27. The molecule has 0 aliphatic heterocycles. The molecule has 42 heavy (non-hydrogen) atoms. The maximum Gasteiger partial charge on any atom is 0.354 e. The first-order valence-corrected chi connectivity index (χ1v) is 12.6. The second-order valence-electron chi connectivity index (χ2n) is 9.33. The summed E-state index contributed by atoms with van der Waals surface area (Å²) < 4.78 is 10.8. The van der Waals surface area contributed by atoms with E-state index in [1.165, 1.54) is 40.8 Å². The number of nitrogens with one attached hydrogen (secondary N) is 4. The van der Waals surface area contributed by atoms with Crippen molar-refractivity contribution in [3.8, 4) is 0 Å². The lowest BCUT2D eigenvalue weighted by Gasteiger charge is -2.06. The predicted molar refractivity (Wildman–Crippen MR) is 150 cm³/mol. The third-order valence-corrected chi connectivity index (χ3v) is 6.16. The molecule has 0 bridgehead atoms. The van der Waals surface area contributed by atoms with Crippen LogP contribution in [-0.4, -0.2) is 71.5 Å². The summed E-state index contributed by atoms with van der Waals surface area (Å²) in [7, 11) is 7.85. The SMILES string of the molecule is COC(=O)c1cc(NC(=O)c2nc(NC(=O)CCNC(=O)c3cc(NC(=O)c4nccn4C)cn3C)cn2C)cn1C. The Bertz CT molecular complexity index is 1670. The monoisotopic (exact) mass is 578 g/mol. The molecule has 0 aromatic carbocycles. The van der Waals surface area contributed by atoms with E-state index in [1.54, 1.807) is 55.9 Å². The molecule has 16 heteroatoms. The molecule has 0 radical (unpaired) electrons. The molecule has 4 rings (SSSR count).